The van der Waals surface area contributed by atoms with Crippen LogP contribution in [0.5, 0.6) is 0 Å². The van der Waals surface area contributed by atoms with Crippen LogP contribution in [0.3, 0.4) is 0 Å². The molecule has 0 saturated carbocycles. The summed E-state index contributed by atoms with van der Waals surface area (Å²) in [4.78, 5) is 0. The average Bonchev–Trinajstić information content (AvgIpc) is 2.35. The Morgan fingerprint density at radius 1 is 1.24 bits per heavy atom. The van der Waals surface area contributed by atoms with E-state index in [-0.39, 0.29) is 11.2 Å². The molecule has 94 valence electrons. The summed E-state index contributed by atoms with van der Waals surface area (Å²) >= 11 is 0. The second kappa shape index (κ2) is 5.10. The molecule has 0 amide bonds. The molecule has 1 heterocycles. The third-order valence-electron chi connectivity index (χ3n) is 3.56. The molecule has 0 atom stereocenters. The average molecular weight is 241 g/mol. The van der Waals surface area contributed by atoms with E-state index in [1.165, 1.54) is 12.1 Å². The minimum Gasteiger partial charge on any atom is -0.381 e. The van der Waals surface area contributed by atoms with Gasteiger partial charge in [-0.25, -0.2) is 8.78 Å². The second-order valence-electron chi connectivity index (χ2n) is 4.73. The van der Waals surface area contributed by atoms with Gasteiger partial charge in [0.2, 0.25) is 0 Å². The van der Waals surface area contributed by atoms with Gasteiger partial charge in [-0.05, 0) is 55.0 Å². The number of hydrogen-bond acceptors (Lipinski definition) is 2. The normalized spacial score (nSPS) is 19.2. The summed E-state index contributed by atoms with van der Waals surface area (Å²) in [6.45, 7) is 1.77. The van der Waals surface area contributed by atoms with E-state index in [0.29, 0.717) is 31.7 Å². The van der Waals surface area contributed by atoms with E-state index in [0.717, 1.165) is 18.9 Å². The minimum absolute atomic E-state index is 0.146. The predicted octanol–water partition coefficient (Wildman–Crippen LogP) is 2.26. The van der Waals surface area contributed by atoms with Gasteiger partial charge in [-0.15, -0.1) is 0 Å². The van der Waals surface area contributed by atoms with Gasteiger partial charge in [0.25, 0.3) is 0 Å². The van der Waals surface area contributed by atoms with Crippen molar-refractivity contribution in [2.24, 2.45) is 11.1 Å². The van der Waals surface area contributed by atoms with Gasteiger partial charge >= 0.3 is 0 Å². The highest BCUT2D eigenvalue weighted by atomic mass is 19.1. The first-order valence-electron chi connectivity index (χ1n) is 5.87. The number of rotatable bonds is 3. The van der Waals surface area contributed by atoms with E-state index in [1.54, 1.807) is 0 Å². The van der Waals surface area contributed by atoms with Crippen molar-refractivity contribution in [1.29, 1.82) is 0 Å². The molecule has 1 fully saturated rings. The van der Waals surface area contributed by atoms with E-state index < -0.39 is 5.82 Å². The van der Waals surface area contributed by atoms with Gasteiger partial charge in [0.1, 0.15) is 11.6 Å². The van der Waals surface area contributed by atoms with Crippen LogP contribution in [-0.4, -0.2) is 19.8 Å². The predicted molar refractivity (Wildman–Crippen MR) is 61.6 cm³/mol. The second-order valence-corrected chi connectivity index (χ2v) is 4.73. The van der Waals surface area contributed by atoms with Crippen LogP contribution in [0.1, 0.15) is 18.4 Å². The first-order chi connectivity index (χ1) is 8.15. The van der Waals surface area contributed by atoms with Crippen molar-refractivity contribution in [2.75, 3.05) is 19.8 Å². The molecule has 2 nitrogen and oxygen atoms in total. The topological polar surface area (TPSA) is 35.2 Å². The molecule has 2 rings (SSSR count). The maximum atomic E-state index is 13.6. The highest BCUT2D eigenvalue weighted by Gasteiger charge is 2.32. The Hall–Kier alpha value is -1.00. The lowest BCUT2D eigenvalue weighted by Gasteiger charge is -2.36. The standard InChI is InChI=1S/C13H17F2NO/c14-11-1-2-12(15)10(7-11)8-13(9-16)3-5-17-6-4-13/h1-2,7H,3-6,8-9,16H2. The van der Waals surface area contributed by atoms with E-state index >= 15 is 0 Å². The Morgan fingerprint density at radius 2 is 1.94 bits per heavy atom. The number of hydrogen-bond donors (Lipinski definition) is 1. The molecule has 1 aliphatic heterocycles. The fourth-order valence-corrected chi connectivity index (χ4v) is 2.34. The van der Waals surface area contributed by atoms with Crippen molar-refractivity contribution < 1.29 is 13.5 Å². The fourth-order valence-electron chi connectivity index (χ4n) is 2.34. The van der Waals surface area contributed by atoms with Crippen molar-refractivity contribution in [3.05, 3.63) is 35.4 Å². The number of halogens is 2. The Morgan fingerprint density at radius 3 is 2.59 bits per heavy atom. The molecular weight excluding hydrogens is 224 g/mol. The maximum absolute atomic E-state index is 13.6. The SMILES string of the molecule is NCC1(Cc2cc(F)ccc2F)CCOCC1. The third kappa shape index (κ3) is 2.82. The summed E-state index contributed by atoms with van der Waals surface area (Å²) in [6.07, 6.45) is 2.09. The Balaban J connectivity index is 2.20. The molecule has 1 saturated heterocycles. The van der Waals surface area contributed by atoms with Crippen LogP contribution in [0.25, 0.3) is 0 Å². The minimum atomic E-state index is -0.402. The van der Waals surface area contributed by atoms with Crippen LogP contribution in [0.4, 0.5) is 8.78 Å². The monoisotopic (exact) mass is 241 g/mol. The molecule has 0 unspecified atom stereocenters. The van der Waals surface area contributed by atoms with Crippen molar-refractivity contribution in [2.45, 2.75) is 19.3 Å². The third-order valence-corrected chi connectivity index (χ3v) is 3.56. The van der Waals surface area contributed by atoms with Gasteiger partial charge < -0.3 is 10.5 Å². The van der Waals surface area contributed by atoms with Crippen LogP contribution < -0.4 is 5.73 Å². The molecule has 0 aromatic heterocycles. The lowest BCUT2D eigenvalue weighted by atomic mass is 9.75. The first-order valence-corrected chi connectivity index (χ1v) is 5.87. The van der Waals surface area contributed by atoms with Crippen LogP contribution in [-0.2, 0) is 11.2 Å². The highest BCUT2D eigenvalue weighted by molar-refractivity contribution is 5.20. The largest absolute Gasteiger partial charge is 0.381 e. The molecular formula is C13H17F2NO. The van der Waals surface area contributed by atoms with Gasteiger partial charge in [-0.3, -0.25) is 0 Å². The molecule has 1 aliphatic rings. The van der Waals surface area contributed by atoms with Crippen LogP contribution in [0.2, 0.25) is 0 Å². The van der Waals surface area contributed by atoms with Crippen molar-refractivity contribution >= 4 is 0 Å². The molecule has 0 radical (unpaired) electrons. The lowest BCUT2D eigenvalue weighted by molar-refractivity contribution is 0.0187. The van der Waals surface area contributed by atoms with Gasteiger partial charge in [0.05, 0.1) is 0 Å². The highest BCUT2D eigenvalue weighted by Crippen LogP contribution is 2.34. The number of ether oxygens (including phenoxy) is 1. The zero-order valence-electron chi connectivity index (χ0n) is 9.72. The zero-order chi connectivity index (χ0) is 12.3. The van der Waals surface area contributed by atoms with Crippen LogP contribution >= 0.6 is 0 Å². The Bertz CT molecular complexity index is 389. The molecule has 1 aromatic rings. The summed E-state index contributed by atoms with van der Waals surface area (Å²) in [5, 5.41) is 0. The van der Waals surface area contributed by atoms with Crippen molar-refractivity contribution in [1.82, 2.24) is 0 Å². The Labute approximate surface area is 99.8 Å². The molecule has 17 heavy (non-hydrogen) atoms. The van der Waals surface area contributed by atoms with Gasteiger partial charge in [-0.1, -0.05) is 0 Å². The molecule has 4 heteroatoms. The summed E-state index contributed by atoms with van der Waals surface area (Å²) in [5.41, 5.74) is 6.07. The number of nitrogens with two attached hydrogens (primary N) is 1. The van der Waals surface area contributed by atoms with E-state index in [4.69, 9.17) is 10.5 Å². The zero-order valence-corrected chi connectivity index (χ0v) is 9.72. The lowest BCUT2D eigenvalue weighted by Crippen LogP contribution is -2.38. The number of benzene rings is 1. The van der Waals surface area contributed by atoms with Gasteiger partial charge in [0.15, 0.2) is 0 Å². The summed E-state index contributed by atoms with van der Waals surface area (Å²) < 4.78 is 32.0. The molecule has 1 aromatic carbocycles. The van der Waals surface area contributed by atoms with E-state index in [1.807, 2.05) is 0 Å². The first kappa shape index (κ1) is 12.5. The Kier molecular flexibility index (Phi) is 3.74. The summed E-state index contributed by atoms with van der Waals surface area (Å²) in [5.74, 6) is -0.758. The quantitative estimate of drug-likeness (QED) is 0.881. The molecule has 0 spiro atoms. The summed E-state index contributed by atoms with van der Waals surface area (Å²) in [6, 6.07) is 3.58. The molecule has 0 aliphatic carbocycles. The smallest absolute Gasteiger partial charge is 0.126 e. The van der Waals surface area contributed by atoms with Crippen molar-refractivity contribution in [3.63, 3.8) is 0 Å². The fraction of sp³-hybridized carbons (Fsp3) is 0.538. The van der Waals surface area contributed by atoms with Gasteiger partial charge in [-0.2, -0.15) is 0 Å². The van der Waals surface area contributed by atoms with Gasteiger partial charge in [0, 0.05) is 13.2 Å². The van der Waals surface area contributed by atoms with Crippen LogP contribution in [0, 0.1) is 17.0 Å². The van der Waals surface area contributed by atoms with Crippen molar-refractivity contribution in [3.8, 4) is 0 Å². The molecule has 0 bridgehead atoms. The van der Waals surface area contributed by atoms with E-state index in [2.05, 4.69) is 0 Å². The summed E-state index contributed by atoms with van der Waals surface area (Å²) in [7, 11) is 0. The van der Waals surface area contributed by atoms with Crippen LogP contribution in [0.15, 0.2) is 18.2 Å². The maximum Gasteiger partial charge on any atom is 0.126 e. The molecule has 2 N–H and O–H groups in total. The van der Waals surface area contributed by atoms with E-state index in [9.17, 15) is 8.78 Å².